The Kier molecular flexibility index (Phi) is 7.06. The van der Waals surface area contributed by atoms with E-state index < -0.39 is 5.37 Å². The van der Waals surface area contributed by atoms with Crippen molar-refractivity contribution >= 4 is 75.7 Å². The van der Waals surface area contributed by atoms with Crippen LogP contribution in [0.1, 0.15) is 16.5 Å². The Morgan fingerprint density at radius 2 is 1.77 bits per heavy atom. The number of aromatic nitrogens is 1. The maximum Gasteiger partial charge on any atom is 0.280 e. The van der Waals surface area contributed by atoms with E-state index in [4.69, 9.17) is 27.6 Å². The molecule has 1 aliphatic heterocycles. The minimum Gasteiger partial charge on any atom is -0.431 e. The molecule has 1 fully saturated rings. The molecule has 1 unspecified atom stereocenters. The van der Waals surface area contributed by atoms with Crippen LogP contribution in [-0.2, 0) is 9.59 Å². The fourth-order valence-corrected chi connectivity index (χ4v) is 5.82. The molecule has 1 aromatic heterocycles. The molecule has 5 rings (SSSR count). The maximum atomic E-state index is 13.3. The van der Waals surface area contributed by atoms with E-state index in [1.54, 1.807) is 18.2 Å². The molecule has 1 atom stereocenters. The van der Waals surface area contributed by atoms with Crippen molar-refractivity contribution < 1.29 is 14.0 Å². The Balaban J connectivity index is 1.37. The van der Waals surface area contributed by atoms with E-state index in [9.17, 15) is 9.59 Å². The van der Waals surface area contributed by atoms with Gasteiger partial charge in [0.05, 0.1) is 10.7 Å². The van der Waals surface area contributed by atoms with Crippen molar-refractivity contribution in [3.63, 3.8) is 0 Å². The highest BCUT2D eigenvalue weighted by atomic mass is 35.5. The molecule has 3 aromatic carbocycles. The summed E-state index contributed by atoms with van der Waals surface area (Å²) in [6, 6.07) is 21.9. The van der Waals surface area contributed by atoms with Gasteiger partial charge in [0.15, 0.2) is 5.58 Å². The van der Waals surface area contributed by atoms with Gasteiger partial charge in [-0.25, -0.2) is 9.99 Å². The summed E-state index contributed by atoms with van der Waals surface area (Å²) in [7, 11) is 0. The lowest BCUT2D eigenvalue weighted by Crippen LogP contribution is -2.45. The molecule has 35 heavy (non-hydrogen) atoms. The summed E-state index contributed by atoms with van der Waals surface area (Å²) >= 11 is 15.2. The van der Waals surface area contributed by atoms with Crippen LogP contribution in [0.15, 0.2) is 87.3 Å². The molecular formula is C25H17Cl2N3O3S2. The molecular weight excluding hydrogens is 525 g/mol. The molecule has 1 saturated heterocycles. The zero-order valence-corrected chi connectivity index (χ0v) is 21.1. The standard InChI is InChI=1S/C25H17Cl2N3O3S2/c26-17-9-3-1-7-15(17)13-21-23(32)30(24(35-21)16-8-2-4-10-18(16)27)29-22(31)14-34-25-28-19-11-5-6-12-20(19)33-25/h1-13,24H,14H2,(H,29,31)/b21-13-. The molecule has 1 N–H and O–H groups in total. The third kappa shape index (κ3) is 5.21. The summed E-state index contributed by atoms with van der Waals surface area (Å²) in [6.07, 6.45) is 1.72. The topological polar surface area (TPSA) is 75.4 Å². The van der Waals surface area contributed by atoms with Gasteiger partial charge in [0.1, 0.15) is 10.9 Å². The van der Waals surface area contributed by atoms with Crippen molar-refractivity contribution in [3.05, 3.63) is 98.9 Å². The molecule has 0 radical (unpaired) electrons. The molecule has 4 aromatic rings. The SMILES string of the molecule is O=C(CSc1nc2ccccc2o1)NN1C(=O)/C(=C/c2ccccc2Cl)SC1c1ccccc1Cl. The van der Waals surface area contributed by atoms with Crippen LogP contribution >= 0.6 is 46.7 Å². The third-order valence-corrected chi connectivity index (χ3v) is 7.86. The predicted molar refractivity (Wildman–Crippen MR) is 141 cm³/mol. The van der Waals surface area contributed by atoms with Crippen molar-refractivity contribution in [3.8, 4) is 0 Å². The van der Waals surface area contributed by atoms with Crippen molar-refractivity contribution in [2.45, 2.75) is 10.6 Å². The molecule has 176 valence electrons. The lowest BCUT2D eigenvalue weighted by molar-refractivity contribution is -0.137. The first-order chi connectivity index (χ1) is 17.0. The van der Waals surface area contributed by atoms with Gasteiger partial charge < -0.3 is 4.42 Å². The molecule has 10 heteroatoms. The molecule has 0 spiro atoms. The average molecular weight is 542 g/mol. The first-order valence-electron chi connectivity index (χ1n) is 10.5. The lowest BCUT2D eigenvalue weighted by Gasteiger charge is -2.24. The van der Waals surface area contributed by atoms with E-state index >= 15 is 0 Å². The Hall–Kier alpha value is -2.91. The first kappa shape index (κ1) is 23.8. The Labute approximate surface area is 219 Å². The Morgan fingerprint density at radius 1 is 1.06 bits per heavy atom. The number of para-hydroxylation sites is 2. The van der Waals surface area contributed by atoms with Crippen LogP contribution in [0.2, 0.25) is 10.0 Å². The van der Waals surface area contributed by atoms with Gasteiger partial charge in [-0.2, -0.15) is 0 Å². The van der Waals surface area contributed by atoms with E-state index in [0.717, 1.165) is 17.3 Å². The van der Waals surface area contributed by atoms with Crippen molar-refractivity contribution in [1.29, 1.82) is 0 Å². The molecule has 0 aliphatic carbocycles. The van der Waals surface area contributed by atoms with Gasteiger partial charge in [0.2, 0.25) is 5.91 Å². The minimum absolute atomic E-state index is 0.0140. The fourth-order valence-electron chi connectivity index (χ4n) is 3.47. The number of benzene rings is 3. The van der Waals surface area contributed by atoms with Crippen molar-refractivity contribution in [2.75, 3.05) is 5.75 Å². The number of thioether (sulfide) groups is 2. The molecule has 2 amide bonds. The Bertz CT molecular complexity index is 1420. The highest BCUT2D eigenvalue weighted by molar-refractivity contribution is 8.04. The van der Waals surface area contributed by atoms with Crippen LogP contribution < -0.4 is 5.43 Å². The molecule has 0 bridgehead atoms. The Morgan fingerprint density at radius 3 is 2.54 bits per heavy atom. The minimum atomic E-state index is -0.539. The van der Waals surface area contributed by atoms with Crippen LogP contribution in [0.4, 0.5) is 0 Å². The quantitative estimate of drug-likeness (QED) is 0.219. The molecule has 0 saturated carbocycles. The number of rotatable bonds is 6. The van der Waals surface area contributed by atoms with Gasteiger partial charge >= 0.3 is 0 Å². The highest BCUT2D eigenvalue weighted by Gasteiger charge is 2.39. The smallest absolute Gasteiger partial charge is 0.280 e. The normalized spacial score (nSPS) is 16.9. The third-order valence-electron chi connectivity index (χ3n) is 5.11. The van der Waals surface area contributed by atoms with E-state index in [0.29, 0.717) is 36.9 Å². The summed E-state index contributed by atoms with van der Waals surface area (Å²) in [4.78, 5) is 31.0. The van der Waals surface area contributed by atoms with E-state index in [2.05, 4.69) is 10.4 Å². The second kappa shape index (κ2) is 10.4. The van der Waals surface area contributed by atoms with Gasteiger partial charge in [-0.15, -0.1) is 0 Å². The molecule has 2 heterocycles. The second-order valence-corrected chi connectivity index (χ2v) is 10.3. The van der Waals surface area contributed by atoms with Crippen LogP contribution in [-0.4, -0.2) is 27.6 Å². The summed E-state index contributed by atoms with van der Waals surface area (Å²) < 4.78 is 5.66. The number of carbonyl (C=O) groups excluding carboxylic acids is 2. The highest BCUT2D eigenvalue weighted by Crippen LogP contribution is 2.47. The van der Waals surface area contributed by atoms with Crippen LogP contribution in [0, 0.1) is 0 Å². The largest absolute Gasteiger partial charge is 0.431 e. The monoisotopic (exact) mass is 541 g/mol. The number of hydrogen-bond donors (Lipinski definition) is 1. The summed E-state index contributed by atoms with van der Waals surface area (Å²) in [5.74, 6) is -0.706. The average Bonchev–Trinajstić information content (AvgIpc) is 3.41. The first-order valence-corrected chi connectivity index (χ1v) is 13.1. The summed E-state index contributed by atoms with van der Waals surface area (Å²) in [5.41, 5.74) is 5.53. The predicted octanol–water partition coefficient (Wildman–Crippen LogP) is 6.57. The zero-order valence-electron chi connectivity index (χ0n) is 18.0. The van der Waals surface area contributed by atoms with Crippen molar-refractivity contribution in [1.82, 2.24) is 15.4 Å². The number of fused-ring (bicyclic) bond motifs is 1. The summed E-state index contributed by atoms with van der Waals surface area (Å²) in [5, 5.41) is 2.18. The number of oxazole rings is 1. The van der Waals surface area contributed by atoms with Crippen LogP contribution in [0.3, 0.4) is 0 Å². The van der Waals surface area contributed by atoms with Gasteiger partial charge in [-0.1, -0.05) is 95.3 Å². The number of nitrogens with zero attached hydrogens (tertiary/aromatic N) is 2. The van der Waals surface area contributed by atoms with E-state index in [-0.39, 0.29) is 17.6 Å². The van der Waals surface area contributed by atoms with Gasteiger partial charge in [-0.3, -0.25) is 15.0 Å². The number of hydrogen-bond acceptors (Lipinski definition) is 6. The number of nitrogens with one attached hydrogen (secondary N) is 1. The fraction of sp³-hybridized carbons (Fsp3) is 0.0800. The number of amides is 2. The zero-order chi connectivity index (χ0) is 24.4. The van der Waals surface area contributed by atoms with E-state index in [1.807, 2.05) is 60.7 Å². The maximum absolute atomic E-state index is 13.3. The number of halogens is 2. The van der Waals surface area contributed by atoms with Crippen LogP contribution in [0.5, 0.6) is 0 Å². The van der Waals surface area contributed by atoms with Gasteiger partial charge in [-0.05, 0) is 35.9 Å². The number of hydrazine groups is 1. The number of carbonyl (C=O) groups is 2. The van der Waals surface area contributed by atoms with Gasteiger partial charge in [0, 0.05) is 15.6 Å². The van der Waals surface area contributed by atoms with Crippen molar-refractivity contribution in [2.24, 2.45) is 0 Å². The van der Waals surface area contributed by atoms with Gasteiger partial charge in [0.25, 0.3) is 11.1 Å². The molecule has 6 nitrogen and oxygen atoms in total. The second-order valence-electron chi connectivity index (χ2n) is 7.47. The molecule has 1 aliphatic rings. The summed E-state index contributed by atoms with van der Waals surface area (Å²) in [6.45, 7) is 0. The van der Waals surface area contributed by atoms with Crippen LogP contribution in [0.25, 0.3) is 17.2 Å². The lowest BCUT2D eigenvalue weighted by atomic mass is 10.2. The van der Waals surface area contributed by atoms with E-state index in [1.165, 1.54) is 16.8 Å².